The van der Waals surface area contributed by atoms with E-state index < -0.39 is 0 Å². The van der Waals surface area contributed by atoms with Crippen LogP contribution in [-0.4, -0.2) is 54.1 Å². The number of nitrogens with zero attached hydrogens (tertiary/aromatic N) is 2. The first-order chi connectivity index (χ1) is 7.57. The van der Waals surface area contributed by atoms with Crippen LogP contribution in [0.3, 0.4) is 0 Å². The Morgan fingerprint density at radius 1 is 1.44 bits per heavy atom. The highest BCUT2D eigenvalue weighted by molar-refractivity contribution is 5.88. The summed E-state index contributed by atoms with van der Waals surface area (Å²) >= 11 is 0. The van der Waals surface area contributed by atoms with Crippen LogP contribution >= 0.6 is 0 Å². The van der Waals surface area contributed by atoms with E-state index in [0.29, 0.717) is 11.9 Å². The van der Waals surface area contributed by atoms with Crippen LogP contribution in [0.1, 0.15) is 33.1 Å². The van der Waals surface area contributed by atoms with Gasteiger partial charge in [-0.1, -0.05) is 6.92 Å². The molecular formula is C12H23N3O. The van der Waals surface area contributed by atoms with E-state index in [1.54, 1.807) is 0 Å². The van der Waals surface area contributed by atoms with Crippen LogP contribution in [0.5, 0.6) is 0 Å². The van der Waals surface area contributed by atoms with Gasteiger partial charge in [0.05, 0.1) is 12.2 Å². The molecule has 1 atom stereocenters. The highest BCUT2D eigenvalue weighted by atomic mass is 16.2. The van der Waals surface area contributed by atoms with Crippen LogP contribution < -0.4 is 5.32 Å². The molecule has 1 N–H and O–H groups in total. The summed E-state index contributed by atoms with van der Waals surface area (Å²) in [5, 5.41) is 3.35. The Morgan fingerprint density at radius 3 is 2.56 bits per heavy atom. The zero-order valence-corrected chi connectivity index (χ0v) is 10.6. The van der Waals surface area contributed by atoms with Crippen molar-refractivity contribution < 1.29 is 4.79 Å². The second-order valence-corrected chi connectivity index (χ2v) is 5.33. The number of piperidine rings is 1. The van der Waals surface area contributed by atoms with E-state index in [-0.39, 0.29) is 5.54 Å². The van der Waals surface area contributed by atoms with Gasteiger partial charge in [0.2, 0.25) is 5.91 Å². The van der Waals surface area contributed by atoms with E-state index in [0.717, 1.165) is 39.0 Å². The number of rotatable bonds is 2. The summed E-state index contributed by atoms with van der Waals surface area (Å²) in [6, 6.07) is 0.449. The summed E-state index contributed by atoms with van der Waals surface area (Å²) in [5.74, 6) is 0.296. The number of hydrogen-bond donors (Lipinski definition) is 1. The Bertz CT molecular complexity index is 273. The van der Waals surface area contributed by atoms with Crippen LogP contribution in [0, 0.1) is 0 Å². The summed E-state index contributed by atoms with van der Waals surface area (Å²) < 4.78 is 0. The van der Waals surface area contributed by atoms with Crippen LogP contribution in [0.25, 0.3) is 0 Å². The topological polar surface area (TPSA) is 35.6 Å². The zero-order valence-electron chi connectivity index (χ0n) is 10.6. The predicted molar refractivity (Wildman–Crippen MR) is 64.1 cm³/mol. The van der Waals surface area contributed by atoms with Crippen LogP contribution in [0.2, 0.25) is 0 Å². The molecule has 0 aromatic carbocycles. The van der Waals surface area contributed by atoms with E-state index in [1.807, 2.05) is 6.92 Å². The molecule has 2 fully saturated rings. The minimum Gasteiger partial charge on any atom is -0.325 e. The first-order valence-electron chi connectivity index (χ1n) is 6.31. The van der Waals surface area contributed by atoms with Crippen molar-refractivity contribution in [2.24, 2.45) is 0 Å². The van der Waals surface area contributed by atoms with Gasteiger partial charge < -0.3 is 9.80 Å². The lowest BCUT2D eigenvalue weighted by Crippen LogP contribution is -2.47. The third kappa shape index (κ3) is 1.96. The number of carbonyl (C=O) groups excluding carboxylic acids is 1. The van der Waals surface area contributed by atoms with Crippen molar-refractivity contribution in [3.8, 4) is 0 Å². The number of hydrogen-bond acceptors (Lipinski definition) is 3. The molecule has 2 aliphatic rings. The average molecular weight is 225 g/mol. The third-order valence-corrected chi connectivity index (χ3v) is 4.21. The lowest BCUT2D eigenvalue weighted by atomic mass is 9.97. The number of nitrogens with one attached hydrogen (secondary N) is 1. The van der Waals surface area contributed by atoms with Crippen molar-refractivity contribution >= 4 is 5.91 Å². The molecule has 2 saturated heterocycles. The van der Waals surface area contributed by atoms with Gasteiger partial charge >= 0.3 is 0 Å². The van der Waals surface area contributed by atoms with Gasteiger partial charge in [-0.05, 0) is 46.3 Å². The quantitative estimate of drug-likeness (QED) is 0.749. The maximum atomic E-state index is 12.3. The van der Waals surface area contributed by atoms with E-state index in [1.165, 1.54) is 0 Å². The first kappa shape index (κ1) is 11.9. The fraction of sp³-hybridized carbons (Fsp3) is 0.917. The molecule has 0 spiro atoms. The molecule has 2 heterocycles. The standard InChI is InChI=1S/C12H23N3O/c1-4-12(2)11(16)15(9-13-12)10-5-7-14(3)8-6-10/h10,13H,4-9H2,1-3H3. The predicted octanol–water partition coefficient (Wildman–Crippen LogP) is 0.639. The second kappa shape index (κ2) is 4.34. The summed E-state index contributed by atoms with van der Waals surface area (Å²) in [6.45, 7) is 7.04. The van der Waals surface area contributed by atoms with Gasteiger partial charge in [0.1, 0.15) is 0 Å². The van der Waals surface area contributed by atoms with Gasteiger partial charge in [-0.2, -0.15) is 0 Å². The van der Waals surface area contributed by atoms with Crippen LogP contribution in [0.4, 0.5) is 0 Å². The summed E-state index contributed by atoms with van der Waals surface area (Å²) in [4.78, 5) is 16.7. The smallest absolute Gasteiger partial charge is 0.243 e. The lowest BCUT2D eigenvalue weighted by molar-refractivity contribution is -0.134. The molecule has 1 amide bonds. The van der Waals surface area contributed by atoms with Crippen LogP contribution in [0.15, 0.2) is 0 Å². The largest absolute Gasteiger partial charge is 0.325 e. The number of likely N-dealkylation sites (tertiary alicyclic amines) is 1. The number of amides is 1. The summed E-state index contributed by atoms with van der Waals surface area (Å²) in [5.41, 5.74) is -0.316. The Kier molecular flexibility index (Phi) is 3.22. The van der Waals surface area contributed by atoms with E-state index >= 15 is 0 Å². The van der Waals surface area contributed by atoms with E-state index in [2.05, 4.69) is 29.1 Å². The molecule has 0 aromatic heterocycles. The SMILES string of the molecule is CCC1(C)NCN(C2CCN(C)CC2)C1=O. The van der Waals surface area contributed by atoms with E-state index in [4.69, 9.17) is 0 Å². The second-order valence-electron chi connectivity index (χ2n) is 5.33. The van der Waals surface area contributed by atoms with E-state index in [9.17, 15) is 4.79 Å². The van der Waals surface area contributed by atoms with Crippen molar-refractivity contribution in [2.45, 2.75) is 44.7 Å². The normalized spacial score (nSPS) is 33.7. The van der Waals surface area contributed by atoms with Crippen molar-refractivity contribution in [3.05, 3.63) is 0 Å². The molecule has 0 aliphatic carbocycles. The molecule has 2 aliphatic heterocycles. The molecule has 2 rings (SSSR count). The molecule has 0 bridgehead atoms. The fourth-order valence-corrected chi connectivity index (χ4v) is 2.60. The fourth-order valence-electron chi connectivity index (χ4n) is 2.60. The zero-order chi connectivity index (χ0) is 11.8. The van der Waals surface area contributed by atoms with Gasteiger partial charge in [-0.15, -0.1) is 0 Å². The van der Waals surface area contributed by atoms with Gasteiger partial charge in [-0.25, -0.2) is 0 Å². The average Bonchev–Trinajstić information content (AvgIpc) is 2.59. The van der Waals surface area contributed by atoms with Gasteiger partial charge in [0, 0.05) is 6.04 Å². The molecular weight excluding hydrogens is 202 g/mol. The third-order valence-electron chi connectivity index (χ3n) is 4.21. The molecule has 4 nitrogen and oxygen atoms in total. The van der Waals surface area contributed by atoms with Gasteiger partial charge in [0.15, 0.2) is 0 Å². The van der Waals surface area contributed by atoms with Crippen molar-refractivity contribution in [1.29, 1.82) is 0 Å². The van der Waals surface area contributed by atoms with Gasteiger partial charge in [-0.3, -0.25) is 10.1 Å². The Balaban J connectivity index is 1.99. The van der Waals surface area contributed by atoms with Crippen molar-refractivity contribution in [3.63, 3.8) is 0 Å². The maximum absolute atomic E-state index is 12.3. The van der Waals surface area contributed by atoms with Crippen molar-refractivity contribution in [2.75, 3.05) is 26.8 Å². The molecule has 0 saturated carbocycles. The lowest BCUT2D eigenvalue weighted by Gasteiger charge is -2.35. The van der Waals surface area contributed by atoms with Crippen LogP contribution in [-0.2, 0) is 4.79 Å². The maximum Gasteiger partial charge on any atom is 0.243 e. The Labute approximate surface area is 98.0 Å². The first-order valence-corrected chi connectivity index (χ1v) is 6.31. The summed E-state index contributed by atoms with van der Waals surface area (Å²) in [7, 11) is 2.15. The highest BCUT2D eigenvalue weighted by Crippen LogP contribution is 2.25. The highest BCUT2D eigenvalue weighted by Gasteiger charge is 2.43. The van der Waals surface area contributed by atoms with Crippen molar-refractivity contribution in [1.82, 2.24) is 15.1 Å². The Hall–Kier alpha value is -0.610. The monoisotopic (exact) mass is 225 g/mol. The summed E-state index contributed by atoms with van der Waals surface area (Å²) in [6.07, 6.45) is 3.10. The minimum atomic E-state index is -0.316. The molecule has 1 unspecified atom stereocenters. The Morgan fingerprint density at radius 2 is 2.06 bits per heavy atom. The minimum absolute atomic E-state index is 0.296. The number of carbonyl (C=O) groups is 1. The molecule has 92 valence electrons. The molecule has 0 aromatic rings. The molecule has 0 radical (unpaired) electrons. The molecule has 16 heavy (non-hydrogen) atoms. The molecule has 4 heteroatoms. The van der Waals surface area contributed by atoms with Gasteiger partial charge in [0.25, 0.3) is 0 Å².